The monoisotopic (exact) mass is 319 g/mol. The fourth-order valence-electron chi connectivity index (χ4n) is 1.77. The third kappa shape index (κ3) is 8.42. The van der Waals surface area contributed by atoms with Crippen LogP contribution in [-0.4, -0.2) is 24.5 Å². The van der Waals surface area contributed by atoms with E-state index in [4.69, 9.17) is 17.0 Å². The van der Waals surface area contributed by atoms with Crippen LogP contribution in [0.15, 0.2) is 42.0 Å². The molecule has 0 atom stereocenters. The standard InChI is InChI=1S/C17H25N3OS/c1-3-5-6-7-12-21-16-10-8-9-15(13-16)14-19-20-17(22)18-11-4-2/h4,8-10,13-14H,2-3,5-7,11-12H2,1H3,(H2,18,20,22)/b19-14+. The van der Waals surface area contributed by atoms with Crippen LogP contribution in [0.4, 0.5) is 0 Å². The van der Waals surface area contributed by atoms with Gasteiger partial charge in [0.25, 0.3) is 0 Å². The van der Waals surface area contributed by atoms with Crippen molar-refractivity contribution in [3.63, 3.8) is 0 Å². The Bertz CT molecular complexity index is 489. The molecule has 0 unspecified atom stereocenters. The van der Waals surface area contributed by atoms with Gasteiger partial charge in [-0.15, -0.1) is 6.58 Å². The van der Waals surface area contributed by atoms with Gasteiger partial charge in [0.05, 0.1) is 12.8 Å². The molecule has 0 amide bonds. The van der Waals surface area contributed by atoms with Crippen LogP contribution in [0.2, 0.25) is 0 Å². The number of hydrazone groups is 1. The van der Waals surface area contributed by atoms with Gasteiger partial charge in [-0.2, -0.15) is 5.10 Å². The van der Waals surface area contributed by atoms with Crippen molar-refractivity contribution in [2.45, 2.75) is 32.6 Å². The molecule has 0 aliphatic heterocycles. The lowest BCUT2D eigenvalue weighted by atomic mass is 10.2. The largest absolute Gasteiger partial charge is 0.494 e. The lowest BCUT2D eigenvalue weighted by Crippen LogP contribution is -2.31. The highest BCUT2D eigenvalue weighted by atomic mass is 32.1. The molecule has 0 saturated heterocycles. The highest BCUT2D eigenvalue weighted by Gasteiger charge is 1.96. The minimum absolute atomic E-state index is 0.472. The van der Waals surface area contributed by atoms with Crippen LogP contribution >= 0.6 is 12.2 Å². The summed E-state index contributed by atoms with van der Waals surface area (Å²) in [5.74, 6) is 0.868. The van der Waals surface area contributed by atoms with E-state index in [1.165, 1.54) is 19.3 Å². The van der Waals surface area contributed by atoms with E-state index >= 15 is 0 Å². The molecule has 0 fully saturated rings. The Labute approximate surface area is 138 Å². The molecular weight excluding hydrogens is 294 g/mol. The fraction of sp³-hybridized carbons (Fsp3) is 0.412. The number of nitrogens with one attached hydrogen (secondary N) is 2. The maximum Gasteiger partial charge on any atom is 0.187 e. The van der Waals surface area contributed by atoms with E-state index in [0.29, 0.717) is 11.7 Å². The van der Waals surface area contributed by atoms with Crippen LogP contribution < -0.4 is 15.5 Å². The van der Waals surface area contributed by atoms with Gasteiger partial charge in [-0.05, 0) is 36.3 Å². The smallest absolute Gasteiger partial charge is 0.187 e. The lowest BCUT2D eigenvalue weighted by Gasteiger charge is -2.06. The van der Waals surface area contributed by atoms with E-state index < -0.39 is 0 Å². The number of ether oxygens (including phenoxy) is 1. The molecule has 1 rings (SSSR count). The number of benzene rings is 1. The molecule has 1 aromatic carbocycles. The maximum absolute atomic E-state index is 5.74. The van der Waals surface area contributed by atoms with E-state index in [1.54, 1.807) is 12.3 Å². The lowest BCUT2D eigenvalue weighted by molar-refractivity contribution is 0.305. The number of hydrogen-bond acceptors (Lipinski definition) is 3. The Kier molecular flexibility index (Phi) is 9.70. The zero-order valence-corrected chi connectivity index (χ0v) is 14.0. The summed E-state index contributed by atoms with van der Waals surface area (Å²) in [6.45, 7) is 7.19. The molecule has 0 aromatic heterocycles. The van der Waals surface area contributed by atoms with Crippen LogP contribution in [0.25, 0.3) is 0 Å². The Balaban J connectivity index is 2.36. The molecule has 0 radical (unpaired) electrons. The van der Waals surface area contributed by atoms with Crippen molar-refractivity contribution < 1.29 is 4.74 Å². The first-order chi connectivity index (χ1) is 10.8. The van der Waals surface area contributed by atoms with Gasteiger partial charge in [0.15, 0.2) is 5.11 Å². The number of rotatable bonds is 10. The average Bonchev–Trinajstić information content (AvgIpc) is 2.53. The Morgan fingerprint density at radius 3 is 3.00 bits per heavy atom. The van der Waals surface area contributed by atoms with Gasteiger partial charge >= 0.3 is 0 Å². The van der Waals surface area contributed by atoms with Gasteiger partial charge in [0.2, 0.25) is 0 Å². The van der Waals surface area contributed by atoms with Crippen LogP contribution in [0, 0.1) is 0 Å². The second-order valence-corrected chi connectivity index (χ2v) is 5.26. The van der Waals surface area contributed by atoms with Gasteiger partial charge in [-0.1, -0.05) is 44.4 Å². The third-order valence-corrected chi connectivity index (χ3v) is 3.15. The molecule has 0 aliphatic carbocycles. The molecule has 4 nitrogen and oxygen atoms in total. The van der Waals surface area contributed by atoms with E-state index in [1.807, 2.05) is 24.3 Å². The van der Waals surface area contributed by atoms with Gasteiger partial charge in [-0.25, -0.2) is 0 Å². The zero-order valence-electron chi connectivity index (χ0n) is 13.2. The molecule has 0 spiro atoms. The highest BCUT2D eigenvalue weighted by molar-refractivity contribution is 7.80. The fourth-order valence-corrected chi connectivity index (χ4v) is 1.91. The molecule has 120 valence electrons. The molecule has 0 saturated carbocycles. The summed E-state index contributed by atoms with van der Waals surface area (Å²) in [7, 11) is 0. The van der Waals surface area contributed by atoms with E-state index in [2.05, 4.69) is 29.3 Å². The van der Waals surface area contributed by atoms with Crippen molar-refractivity contribution >= 4 is 23.5 Å². The summed E-state index contributed by atoms with van der Waals surface area (Å²) in [5, 5.41) is 7.50. The molecule has 22 heavy (non-hydrogen) atoms. The normalized spacial score (nSPS) is 10.4. The van der Waals surface area contributed by atoms with Crippen molar-refractivity contribution in [2.24, 2.45) is 5.10 Å². The molecular formula is C17H25N3OS. The minimum atomic E-state index is 0.472. The second kappa shape index (κ2) is 11.7. The molecule has 0 bridgehead atoms. The van der Waals surface area contributed by atoms with Crippen LogP contribution in [-0.2, 0) is 0 Å². The number of hydrogen-bond donors (Lipinski definition) is 2. The Hall–Kier alpha value is -1.88. The second-order valence-electron chi connectivity index (χ2n) is 4.85. The van der Waals surface area contributed by atoms with Crippen molar-refractivity contribution in [1.82, 2.24) is 10.7 Å². The van der Waals surface area contributed by atoms with Crippen molar-refractivity contribution in [2.75, 3.05) is 13.2 Å². The molecule has 2 N–H and O–H groups in total. The number of thiocarbonyl (C=S) groups is 1. The minimum Gasteiger partial charge on any atom is -0.494 e. The van der Waals surface area contributed by atoms with E-state index in [0.717, 1.165) is 24.3 Å². The summed E-state index contributed by atoms with van der Waals surface area (Å²) in [6.07, 6.45) is 8.27. The van der Waals surface area contributed by atoms with Gasteiger partial charge in [-0.3, -0.25) is 5.43 Å². The Morgan fingerprint density at radius 2 is 2.23 bits per heavy atom. The van der Waals surface area contributed by atoms with Crippen LogP contribution in [0.1, 0.15) is 38.2 Å². The van der Waals surface area contributed by atoms with Gasteiger partial charge < -0.3 is 10.1 Å². The quantitative estimate of drug-likeness (QED) is 0.227. The van der Waals surface area contributed by atoms with E-state index in [9.17, 15) is 0 Å². The van der Waals surface area contributed by atoms with Crippen LogP contribution in [0.3, 0.4) is 0 Å². The average molecular weight is 319 g/mol. The summed E-state index contributed by atoms with van der Waals surface area (Å²) in [4.78, 5) is 0. The number of unbranched alkanes of at least 4 members (excludes halogenated alkanes) is 3. The van der Waals surface area contributed by atoms with Crippen molar-refractivity contribution in [3.8, 4) is 5.75 Å². The highest BCUT2D eigenvalue weighted by Crippen LogP contribution is 2.13. The number of nitrogens with zero attached hydrogens (tertiary/aromatic N) is 1. The predicted octanol–water partition coefficient (Wildman–Crippen LogP) is 3.63. The third-order valence-electron chi connectivity index (χ3n) is 2.91. The van der Waals surface area contributed by atoms with Crippen molar-refractivity contribution in [3.05, 3.63) is 42.5 Å². The van der Waals surface area contributed by atoms with Crippen molar-refractivity contribution in [1.29, 1.82) is 0 Å². The Morgan fingerprint density at radius 1 is 1.36 bits per heavy atom. The first-order valence-electron chi connectivity index (χ1n) is 7.67. The summed E-state index contributed by atoms with van der Waals surface area (Å²) >= 11 is 5.04. The summed E-state index contributed by atoms with van der Waals surface area (Å²) < 4.78 is 5.74. The first kappa shape index (κ1) is 18.2. The van der Waals surface area contributed by atoms with E-state index in [-0.39, 0.29) is 0 Å². The molecule has 1 aromatic rings. The first-order valence-corrected chi connectivity index (χ1v) is 8.07. The maximum atomic E-state index is 5.74. The molecule has 0 aliphatic rings. The molecule has 5 heteroatoms. The molecule has 0 heterocycles. The topological polar surface area (TPSA) is 45.7 Å². The zero-order chi connectivity index (χ0) is 16.0. The van der Waals surface area contributed by atoms with Crippen LogP contribution in [0.5, 0.6) is 5.75 Å². The van der Waals surface area contributed by atoms with Gasteiger partial charge in [0, 0.05) is 6.54 Å². The summed E-state index contributed by atoms with van der Waals surface area (Å²) in [6, 6.07) is 7.85. The van der Waals surface area contributed by atoms with Gasteiger partial charge in [0.1, 0.15) is 5.75 Å². The SMILES string of the molecule is C=CCNC(=S)N/N=C/c1cccc(OCCCCCC)c1. The summed E-state index contributed by atoms with van der Waals surface area (Å²) in [5.41, 5.74) is 3.72. The predicted molar refractivity (Wildman–Crippen MR) is 97.6 cm³/mol.